The van der Waals surface area contributed by atoms with Crippen molar-refractivity contribution in [2.45, 2.75) is 6.42 Å². The van der Waals surface area contributed by atoms with Crippen molar-refractivity contribution >= 4 is 18.3 Å². The van der Waals surface area contributed by atoms with E-state index in [9.17, 15) is 0 Å². The van der Waals surface area contributed by atoms with Gasteiger partial charge in [0.15, 0.2) is 0 Å². The molecule has 2 aliphatic rings. The van der Waals surface area contributed by atoms with Crippen LogP contribution in [0.25, 0.3) is 6.08 Å². The van der Waals surface area contributed by atoms with E-state index < -0.39 is 0 Å². The summed E-state index contributed by atoms with van der Waals surface area (Å²) < 4.78 is 2.00. The van der Waals surface area contributed by atoms with Gasteiger partial charge in [-0.25, -0.2) is 15.0 Å². The zero-order chi connectivity index (χ0) is 10.4. The van der Waals surface area contributed by atoms with Crippen molar-refractivity contribution in [2.75, 3.05) is 0 Å². The molecular weight excluding hydrogens is 190 g/mol. The number of aryl methyl sites for hydroxylation is 1. The maximum Gasteiger partial charge on any atom is 0.117 e. The number of aliphatic imine (C=N–C) groups is 2. The minimum atomic E-state index is 0.109. The summed E-state index contributed by atoms with van der Waals surface area (Å²) in [5, 5.41) is 0. The zero-order valence-electron chi connectivity index (χ0n) is 8.38. The third kappa shape index (κ3) is 1.12. The lowest BCUT2D eigenvalue weighted by atomic mass is 9.91. The molecule has 1 unspecified atom stereocenters. The van der Waals surface area contributed by atoms with Crippen LogP contribution in [-0.4, -0.2) is 21.7 Å². The average molecular weight is 201 g/mol. The number of nitrogens with two attached hydrogens (primary N) is 1. The third-order valence-electron chi connectivity index (χ3n) is 2.87. The van der Waals surface area contributed by atoms with E-state index in [1.54, 1.807) is 0 Å². The fourth-order valence-electron chi connectivity index (χ4n) is 2.00. The number of nitrogens with zero attached hydrogens (tertiary/aromatic N) is 4. The summed E-state index contributed by atoms with van der Waals surface area (Å²) in [6.45, 7) is 0. The molecule has 0 amide bonds. The van der Waals surface area contributed by atoms with Gasteiger partial charge in [-0.1, -0.05) is 0 Å². The normalized spacial score (nSPS) is 22.9. The first-order valence-electron chi connectivity index (χ1n) is 4.83. The lowest BCUT2D eigenvalue weighted by Crippen LogP contribution is -2.31. The third-order valence-corrected chi connectivity index (χ3v) is 2.87. The SMILES string of the molecule is Cn1cnc2c1C=C1N=CN=C(N)C1C2. The van der Waals surface area contributed by atoms with Crippen LogP contribution in [0.1, 0.15) is 11.4 Å². The van der Waals surface area contributed by atoms with Crippen molar-refractivity contribution in [1.82, 2.24) is 9.55 Å². The Labute approximate surface area is 87.1 Å². The van der Waals surface area contributed by atoms with Gasteiger partial charge in [-0.3, -0.25) is 0 Å². The molecule has 2 heterocycles. The molecule has 5 heteroatoms. The maximum absolute atomic E-state index is 5.84. The molecule has 1 aliphatic carbocycles. The predicted octanol–water partition coefficient (Wildman–Crippen LogP) is 0.332. The molecule has 2 N–H and O–H groups in total. The highest BCUT2D eigenvalue weighted by molar-refractivity contribution is 5.95. The van der Waals surface area contributed by atoms with Gasteiger partial charge in [-0.05, 0) is 6.08 Å². The van der Waals surface area contributed by atoms with Crippen LogP contribution in [0.2, 0.25) is 0 Å². The summed E-state index contributed by atoms with van der Waals surface area (Å²) in [7, 11) is 1.98. The molecule has 1 aliphatic heterocycles. The van der Waals surface area contributed by atoms with E-state index in [1.807, 2.05) is 24.0 Å². The van der Waals surface area contributed by atoms with Gasteiger partial charge in [0.25, 0.3) is 0 Å². The smallest absolute Gasteiger partial charge is 0.117 e. The second-order valence-electron chi connectivity index (χ2n) is 3.81. The lowest BCUT2D eigenvalue weighted by Gasteiger charge is -2.22. The topological polar surface area (TPSA) is 68.6 Å². The Hall–Kier alpha value is -1.91. The minimum absolute atomic E-state index is 0.109. The van der Waals surface area contributed by atoms with Gasteiger partial charge in [0, 0.05) is 13.5 Å². The van der Waals surface area contributed by atoms with Gasteiger partial charge in [-0.15, -0.1) is 0 Å². The molecule has 76 valence electrons. The average Bonchev–Trinajstić information content (AvgIpc) is 2.59. The Morgan fingerprint density at radius 1 is 1.53 bits per heavy atom. The number of hydrogen-bond acceptors (Lipinski definition) is 4. The number of aromatic nitrogens is 2. The zero-order valence-corrected chi connectivity index (χ0v) is 8.38. The highest BCUT2D eigenvalue weighted by atomic mass is 15.0. The monoisotopic (exact) mass is 201 g/mol. The number of rotatable bonds is 0. The largest absolute Gasteiger partial charge is 0.387 e. The maximum atomic E-state index is 5.84. The molecule has 0 aromatic carbocycles. The molecule has 5 nitrogen and oxygen atoms in total. The molecule has 0 spiro atoms. The van der Waals surface area contributed by atoms with Gasteiger partial charge in [0.2, 0.25) is 0 Å². The van der Waals surface area contributed by atoms with Crippen LogP contribution in [0.4, 0.5) is 0 Å². The predicted molar refractivity (Wildman–Crippen MR) is 58.5 cm³/mol. The molecule has 0 radical (unpaired) electrons. The second kappa shape index (κ2) is 2.79. The quantitative estimate of drug-likeness (QED) is 0.657. The van der Waals surface area contributed by atoms with E-state index >= 15 is 0 Å². The van der Waals surface area contributed by atoms with Crippen LogP contribution in [0.15, 0.2) is 22.0 Å². The van der Waals surface area contributed by atoms with Gasteiger partial charge in [-0.2, -0.15) is 0 Å². The van der Waals surface area contributed by atoms with Crippen molar-refractivity contribution in [1.29, 1.82) is 0 Å². The van der Waals surface area contributed by atoms with Gasteiger partial charge in [0.1, 0.15) is 12.2 Å². The van der Waals surface area contributed by atoms with E-state index in [0.717, 1.165) is 23.5 Å². The first kappa shape index (κ1) is 8.40. The van der Waals surface area contributed by atoms with Crippen LogP contribution in [0, 0.1) is 5.92 Å². The summed E-state index contributed by atoms with van der Waals surface area (Å²) >= 11 is 0. The van der Waals surface area contributed by atoms with Crippen molar-refractivity contribution < 1.29 is 0 Å². The standard InChI is InChI=1S/C10H11N5/c1-15-5-14-8-2-6-7(3-9(8)15)12-4-13-10(6)11/h3-6H,2H2,1H3,(H2,11,12,13). The fourth-order valence-corrected chi connectivity index (χ4v) is 2.00. The molecular formula is C10H11N5. The molecule has 1 aromatic rings. The molecule has 0 saturated heterocycles. The van der Waals surface area contributed by atoms with Crippen LogP contribution in [0.5, 0.6) is 0 Å². The van der Waals surface area contributed by atoms with E-state index in [0.29, 0.717) is 5.84 Å². The van der Waals surface area contributed by atoms with E-state index in [2.05, 4.69) is 15.0 Å². The summed E-state index contributed by atoms with van der Waals surface area (Å²) in [4.78, 5) is 12.6. The van der Waals surface area contributed by atoms with E-state index in [1.165, 1.54) is 6.34 Å². The van der Waals surface area contributed by atoms with Gasteiger partial charge < -0.3 is 10.3 Å². The molecule has 0 saturated carbocycles. The molecule has 1 atom stereocenters. The number of fused-ring (bicyclic) bond motifs is 2. The molecule has 0 bridgehead atoms. The highest BCUT2D eigenvalue weighted by Gasteiger charge is 2.28. The second-order valence-corrected chi connectivity index (χ2v) is 3.81. The van der Waals surface area contributed by atoms with Crippen molar-refractivity contribution in [2.24, 2.45) is 28.7 Å². The minimum Gasteiger partial charge on any atom is -0.387 e. The van der Waals surface area contributed by atoms with Crippen LogP contribution >= 0.6 is 0 Å². The first-order chi connectivity index (χ1) is 7.25. The van der Waals surface area contributed by atoms with Crippen molar-refractivity contribution in [3.8, 4) is 0 Å². The molecule has 0 fully saturated rings. The summed E-state index contributed by atoms with van der Waals surface area (Å²) in [5.74, 6) is 0.741. The first-order valence-corrected chi connectivity index (χ1v) is 4.83. The van der Waals surface area contributed by atoms with E-state index in [-0.39, 0.29) is 5.92 Å². The Kier molecular flexibility index (Phi) is 1.56. The van der Waals surface area contributed by atoms with Gasteiger partial charge >= 0.3 is 0 Å². The Bertz CT molecular complexity index is 506. The van der Waals surface area contributed by atoms with Crippen LogP contribution in [-0.2, 0) is 13.5 Å². The Morgan fingerprint density at radius 3 is 3.27 bits per heavy atom. The summed E-state index contributed by atoms with van der Waals surface area (Å²) in [6.07, 6.45) is 6.17. The van der Waals surface area contributed by atoms with Crippen molar-refractivity contribution in [3.05, 3.63) is 23.4 Å². The number of hydrogen-bond donors (Lipinski definition) is 1. The summed E-state index contributed by atoms with van der Waals surface area (Å²) in [6, 6.07) is 0. The Morgan fingerprint density at radius 2 is 2.40 bits per heavy atom. The van der Waals surface area contributed by atoms with Gasteiger partial charge in [0.05, 0.1) is 29.3 Å². The summed E-state index contributed by atoms with van der Waals surface area (Å²) in [5.41, 5.74) is 9.01. The Balaban J connectivity index is 2.14. The molecule has 3 rings (SSSR count). The van der Waals surface area contributed by atoms with E-state index in [4.69, 9.17) is 5.73 Å². The van der Waals surface area contributed by atoms with Crippen LogP contribution in [0.3, 0.4) is 0 Å². The van der Waals surface area contributed by atoms with Crippen LogP contribution < -0.4 is 5.73 Å². The molecule has 15 heavy (non-hydrogen) atoms. The molecule has 1 aromatic heterocycles. The number of amidine groups is 1. The highest BCUT2D eigenvalue weighted by Crippen LogP contribution is 2.29. The fraction of sp³-hybridized carbons (Fsp3) is 0.300. The van der Waals surface area contributed by atoms with Crippen molar-refractivity contribution in [3.63, 3.8) is 0 Å². The number of imidazole rings is 1. The lowest BCUT2D eigenvalue weighted by molar-refractivity contribution is 0.742.